The number of carbonyl (C=O) groups is 2. The van der Waals surface area contributed by atoms with E-state index in [-0.39, 0.29) is 24.2 Å². The predicted molar refractivity (Wildman–Crippen MR) is 121 cm³/mol. The van der Waals surface area contributed by atoms with Gasteiger partial charge in [0.2, 0.25) is 0 Å². The van der Waals surface area contributed by atoms with Crippen LogP contribution in [-0.2, 0) is 14.3 Å². The maximum absolute atomic E-state index is 12.6. The molecule has 2 unspecified atom stereocenters. The summed E-state index contributed by atoms with van der Waals surface area (Å²) in [7, 11) is 0. The lowest BCUT2D eigenvalue weighted by atomic mass is 9.89. The van der Waals surface area contributed by atoms with Crippen molar-refractivity contribution in [1.29, 1.82) is 0 Å². The molecule has 0 aliphatic carbocycles. The van der Waals surface area contributed by atoms with Crippen molar-refractivity contribution < 1.29 is 23.8 Å². The Balaban J connectivity index is 1.54. The minimum absolute atomic E-state index is 0.217. The molecule has 2 heterocycles. The zero-order valence-corrected chi connectivity index (χ0v) is 18.6. The van der Waals surface area contributed by atoms with Gasteiger partial charge in [0.15, 0.2) is 11.8 Å². The summed E-state index contributed by atoms with van der Waals surface area (Å²) in [6.45, 7) is 4.01. The topological polar surface area (TPSA) is 77.4 Å². The summed E-state index contributed by atoms with van der Waals surface area (Å²) < 4.78 is 16.0. The second kappa shape index (κ2) is 10.1. The molecule has 2 aromatic rings. The van der Waals surface area contributed by atoms with Crippen LogP contribution >= 0.6 is 11.6 Å². The van der Waals surface area contributed by atoms with Crippen LogP contribution in [0.5, 0.6) is 5.75 Å². The molecule has 0 N–H and O–H groups in total. The molecule has 0 radical (unpaired) electrons. The summed E-state index contributed by atoms with van der Waals surface area (Å²) >= 11 is 6.46. The van der Waals surface area contributed by atoms with Crippen molar-refractivity contribution in [3.8, 4) is 5.75 Å². The summed E-state index contributed by atoms with van der Waals surface area (Å²) in [6.07, 6.45) is 0.124. The van der Waals surface area contributed by atoms with Crippen molar-refractivity contribution in [2.45, 2.75) is 25.3 Å². The highest BCUT2D eigenvalue weighted by molar-refractivity contribution is 6.32. The third kappa shape index (κ3) is 4.95. The summed E-state index contributed by atoms with van der Waals surface area (Å²) in [5.74, 6) is -0.296. The first-order valence-corrected chi connectivity index (χ1v) is 11.1. The Kier molecular flexibility index (Phi) is 7.07. The van der Waals surface area contributed by atoms with Crippen molar-refractivity contribution in [2.75, 3.05) is 32.9 Å². The van der Waals surface area contributed by atoms with Gasteiger partial charge in [0.05, 0.1) is 24.8 Å². The highest BCUT2D eigenvalue weighted by Gasteiger charge is 2.37. The highest BCUT2D eigenvalue weighted by Crippen LogP contribution is 2.37. The molecule has 32 heavy (non-hydrogen) atoms. The number of ether oxygens (including phenoxy) is 3. The average Bonchev–Trinajstić information content (AvgIpc) is 3.27. The first kappa shape index (κ1) is 22.3. The summed E-state index contributed by atoms with van der Waals surface area (Å²) in [6, 6.07) is 14.4. The normalized spacial score (nSPS) is 20.6. The Morgan fingerprint density at radius 3 is 2.59 bits per heavy atom. The lowest BCUT2D eigenvalue weighted by Gasteiger charge is -2.26. The molecular formula is C24H25ClN2O5. The maximum Gasteiger partial charge on any atom is 0.415 e. The lowest BCUT2D eigenvalue weighted by molar-refractivity contribution is -0.144. The van der Waals surface area contributed by atoms with Gasteiger partial charge in [-0.3, -0.25) is 4.99 Å². The van der Waals surface area contributed by atoms with E-state index >= 15 is 0 Å². The highest BCUT2D eigenvalue weighted by atomic mass is 35.5. The monoisotopic (exact) mass is 456 g/mol. The second-order valence-electron chi connectivity index (χ2n) is 7.61. The standard InChI is InChI=1S/C24H25ClN2O5/c1-2-31-23(28)22-18(15-20(26-22)16-6-4-3-5-7-16)17-8-9-21(19(25)14-17)32-24(29)27-10-12-30-13-11-27/h3-9,14,18,22H,2,10-13,15H2,1H3. The number of aliphatic imine (C=N–C) groups is 1. The fourth-order valence-corrected chi connectivity index (χ4v) is 4.16. The lowest BCUT2D eigenvalue weighted by Crippen LogP contribution is -2.42. The van der Waals surface area contributed by atoms with E-state index in [1.807, 2.05) is 36.4 Å². The Hall–Kier alpha value is -2.90. The first-order chi connectivity index (χ1) is 15.6. The third-order valence-electron chi connectivity index (χ3n) is 5.58. The number of carbonyl (C=O) groups excluding carboxylic acids is 2. The van der Waals surface area contributed by atoms with Crippen LogP contribution in [0.1, 0.15) is 30.4 Å². The van der Waals surface area contributed by atoms with Crippen LogP contribution in [0.15, 0.2) is 53.5 Å². The molecule has 0 aromatic heterocycles. The van der Waals surface area contributed by atoms with E-state index in [1.165, 1.54) is 0 Å². The molecule has 2 aliphatic rings. The molecule has 168 valence electrons. The average molecular weight is 457 g/mol. The van der Waals surface area contributed by atoms with Crippen LogP contribution in [0, 0.1) is 0 Å². The van der Waals surface area contributed by atoms with Crippen molar-refractivity contribution in [1.82, 2.24) is 4.90 Å². The van der Waals surface area contributed by atoms with Gasteiger partial charge in [-0.1, -0.05) is 48.0 Å². The number of benzene rings is 2. The van der Waals surface area contributed by atoms with E-state index in [1.54, 1.807) is 24.0 Å². The number of rotatable bonds is 5. The predicted octanol–water partition coefficient (Wildman–Crippen LogP) is 4.08. The van der Waals surface area contributed by atoms with Crippen molar-refractivity contribution in [3.63, 3.8) is 0 Å². The van der Waals surface area contributed by atoms with Crippen LogP contribution in [-0.4, -0.2) is 61.6 Å². The summed E-state index contributed by atoms with van der Waals surface area (Å²) in [5.41, 5.74) is 2.67. The molecule has 0 bridgehead atoms. The quantitative estimate of drug-likeness (QED) is 0.633. The van der Waals surface area contributed by atoms with E-state index in [0.29, 0.717) is 37.7 Å². The summed E-state index contributed by atoms with van der Waals surface area (Å²) in [5, 5.41) is 0.305. The number of halogens is 1. The van der Waals surface area contributed by atoms with Gasteiger partial charge in [0.1, 0.15) is 0 Å². The van der Waals surface area contributed by atoms with Gasteiger partial charge in [-0.15, -0.1) is 0 Å². The molecule has 1 saturated heterocycles. The fourth-order valence-electron chi connectivity index (χ4n) is 3.93. The number of hydrogen-bond acceptors (Lipinski definition) is 6. The number of hydrogen-bond donors (Lipinski definition) is 0. The zero-order chi connectivity index (χ0) is 22.5. The molecule has 8 heteroatoms. The number of morpholine rings is 1. The Morgan fingerprint density at radius 2 is 1.91 bits per heavy atom. The van der Waals surface area contributed by atoms with Crippen molar-refractivity contribution in [3.05, 3.63) is 64.7 Å². The van der Waals surface area contributed by atoms with E-state index in [2.05, 4.69) is 0 Å². The smallest absolute Gasteiger partial charge is 0.415 e. The van der Waals surface area contributed by atoms with Crippen LogP contribution in [0.3, 0.4) is 0 Å². The molecule has 1 amide bonds. The Bertz CT molecular complexity index is 1000. The molecule has 1 fully saturated rings. The summed E-state index contributed by atoms with van der Waals surface area (Å²) in [4.78, 5) is 31.3. The minimum atomic E-state index is -0.650. The van der Waals surface area contributed by atoms with E-state index in [4.69, 9.17) is 30.8 Å². The van der Waals surface area contributed by atoms with Crippen LogP contribution in [0.2, 0.25) is 5.02 Å². The maximum atomic E-state index is 12.6. The van der Waals surface area contributed by atoms with Gasteiger partial charge < -0.3 is 19.1 Å². The number of esters is 1. The minimum Gasteiger partial charge on any atom is -0.464 e. The van der Waals surface area contributed by atoms with Crippen molar-refractivity contribution in [2.24, 2.45) is 4.99 Å². The van der Waals surface area contributed by atoms with Gasteiger partial charge >= 0.3 is 12.1 Å². The molecule has 0 saturated carbocycles. The largest absolute Gasteiger partial charge is 0.464 e. The zero-order valence-electron chi connectivity index (χ0n) is 17.8. The molecule has 0 spiro atoms. The molecule has 7 nitrogen and oxygen atoms in total. The van der Waals surface area contributed by atoms with Gasteiger partial charge in [-0.25, -0.2) is 9.59 Å². The van der Waals surface area contributed by atoms with Gasteiger partial charge in [0, 0.05) is 24.7 Å². The second-order valence-corrected chi connectivity index (χ2v) is 8.01. The van der Waals surface area contributed by atoms with E-state index in [0.717, 1.165) is 16.8 Å². The van der Waals surface area contributed by atoms with Gasteiger partial charge in [-0.2, -0.15) is 0 Å². The third-order valence-corrected chi connectivity index (χ3v) is 5.87. The molecule has 2 atom stereocenters. The van der Waals surface area contributed by atoms with Gasteiger partial charge in [-0.05, 0) is 36.6 Å². The van der Waals surface area contributed by atoms with Crippen LogP contribution < -0.4 is 4.74 Å². The molecule has 2 aromatic carbocycles. The van der Waals surface area contributed by atoms with E-state index < -0.39 is 12.1 Å². The molecular weight excluding hydrogens is 432 g/mol. The van der Waals surface area contributed by atoms with E-state index in [9.17, 15) is 9.59 Å². The number of amides is 1. The fraction of sp³-hybridized carbons (Fsp3) is 0.375. The van der Waals surface area contributed by atoms with Crippen LogP contribution in [0.25, 0.3) is 0 Å². The molecule has 2 aliphatic heterocycles. The van der Waals surface area contributed by atoms with Crippen molar-refractivity contribution >= 4 is 29.4 Å². The first-order valence-electron chi connectivity index (χ1n) is 10.7. The SMILES string of the molecule is CCOC(=O)C1N=C(c2ccccc2)CC1c1ccc(OC(=O)N2CCOCC2)c(Cl)c1. The van der Waals surface area contributed by atoms with Gasteiger partial charge in [0.25, 0.3) is 0 Å². The number of nitrogens with zero attached hydrogens (tertiary/aromatic N) is 2. The Morgan fingerprint density at radius 1 is 1.16 bits per heavy atom. The van der Waals surface area contributed by atoms with Crippen LogP contribution in [0.4, 0.5) is 4.79 Å². The Labute approximate surface area is 191 Å². The molecule has 4 rings (SSSR count).